The molecule has 6 nitrogen and oxygen atoms in total. The van der Waals surface area contributed by atoms with Crippen molar-refractivity contribution in [2.45, 2.75) is 24.9 Å². The maximum absolute atomic E-state index is 12.8. The number of benzene rings is 1. The van der Waals surface area contributed by atoms with E-state index in [9.17, 15) is 4.79 Å². The zero-order valence-electron chi connectivity index (χ0n) is 15.1. The minimum absolute atomic E-state index is 0.0132. The Bertz CT molecular complexity index is 870. The number of carbonyl (C=O) groups is 1. The Morgan fingerprint density at radius 3 is 2.81 bits per heavy atom. The Hall–Kier alpha value is -2.75. The number of hydrogen-bond donors (Lipinski definition) is 1. The van der Waals surface area contributed by atoms with E-state index in [0.717, 1.165) is 18.7 Å². The van der Waals surface area contributed by atoms with Gasteiger partial charge in [-0.05, 0) is 50.2 Å². The fourth-order valence-corrected chi connectivity index (χ4v) is 3.84. The van der Waals surface area contributed by atoms with E-state index in [2.05, 4.69) is 15.2 Å². The van der Waals surface area contributed by atoms with E-state index in [0.29, 0.717) is 30.2 Å². The molecular formula is C21H22N4O2. The third-order valence-corrected chi connectivity index (χ3v) is 5.26. The van der Waals surface area contributed by atoms with E-state index in [1.807, 2.05) is 30.3 Å². The van der Waals surface area contributed by atoms with Gasteiger partial charge in [-0.1, -0.05) is 18.2 Å². The first-order valence-corrected chi connectivity index (χ1v) is 9.35. The van der Waals surface area contributed by atoms with E-state index in [1.165, 1.54) is 12.8 Å². The van der Waals surface area contributed by atoms with Crippen molar-refractivity contribution in [3.63, 3.8) is 0 Å². The summed E-state index contributed by atoms with van der Waals surface area (Å²) in [6.45, 7) is 3.39. The molecule has 0 spiro atoms. The van der Waals surface area contributed by atoms with Gasteiger partial charge in [0.05, 0.1) is 31.0 Å². The van der Waals surface area contributed by atoms with E-state index >= 15 is 0 Å². The van der Waals surface area contributed by atoms with Crippen LogP contribution in [0.1, 0.15) is 28.9 Å². The summed E-state index contributed by atoms with van der Waals surface area (Å²) in [4.78, 5) is 19.5. The minimum Gasteiger partial charge on any atom is -0.378 e. The predicted molar refractivity (Wildman–Crippen MR) is 101 cm³/mol. The number of nitriles is 1. The SMILES string of the molecule is N#Cc1cccc(-c2cccc(C(=O)N[C@H]3COC[C@@H]3N3CCCC3)c2)n1. The Morgan fingerprint density at radius 1 is 1.19 bits per heavy atom. The van der Waals surface area contributed by atoms with Crippen molar-refractivity contribution in [1.29, 1.82) is 5.26 Å². The number of ether oxygens (including phenoxy) is 1. The quantitative estimate of drug-likeness (QED) is 0.902. The molecule has 4 rings (SSSR count). The molecule has 0 saturated carbocycles. The number of aromatic nitrogens is 1. The third kappa shape index (κ3) is 3.85. The Labute approximate surface area is 158 Å². The normalized spacial score (nSPS) is 22.5. The molecule has 2 aromatic rings. The summed E-state index contributed by atoms with van der Waals surface area (Å²) in [6, 6.07) is 15.0. The summed E-state index contributed by atoms with van der Waals surface area (Å²) in [5.74, 6) is -0.104. The molecule has 2 fully saturated rings. The molecule has 27 heavy (non-hydrogen) atoms. The maximum atomic E-state index is 12.8. The van der Waals surface area contributed by atoms with E-state index in [1.54, 1.807) is 18.2 Å². The molecule has 1 aromatic heterocycles. The lowest BCUT2D eigenvalue weighted by atomic mass is 10.1. The first kappa shape index (κ1) is 17.7. The van der Waals surface area contributed by atoms with Crippen molar-refractivity contribution in [2.24, 2.45) is 0 Å². The van der Waals surface area contributed by atoms with Crippen LogP contribution in [0.4, 0.5) is 0 Å². The second-order valence-corrected chi connectivity index (χ2v) is 7.03. The third-order valence-electron chi connectivity index (χ3n) is 5.26. The van der Waals surface area contributed by atoms with Crippen LogP contribution >= 0.6 is 0 Å². The van der Waals surface area contributed by atoms with Gasteiger partial charge in [-0.3, -0.25) is 9.69 Å². The fraction of sp³-hybridized carbons (Fsp3) is 0.381. The molecule has 1 aromatic carbocycles. The van der Waals surface area contributed by atoms with E-state index in [4.69, 9.17) is 10.00 Å². The number of rotatable bonds is 4. The highest BCUT2D eigenvalue weighted by Crippen LogP contribution is 2.21. The molecule has 3 heterocycles. The van der Waals surface area contributed by atoms with Crippen molar-refractivity contribution in [3.05, 3.63) is 53.7 Å². The fourth-order valence-electron chi connectivity index (χ4n) is 3.84. The van der Waals surface area contributed by atoms with Crippen molar-refractivity contribution in [2.75, 3.05) is 26.3 Å². The van der Waals surface area contributed by atoms with Gasteiger partial charge >= 0.3 is 0 Å². The second kappa shape index (κ2) is 7.87. The summed E-state index contributed by atoms with van der Waals surface area (Å²) >= 11 is 0. The van der Waals surface area contributed by atoms with Gasteiger partial charge in [0.2, 0.25) is 0 Å². The summed E-state index contributed by atoms with van der Waals surface area (Å²) in [5, 5.41) is 12.2. The lowest BCUT2D eigenvalue weighted by Crippen LogP contribution is -2.50. The van der Waals surface area contributed by atoms with Gasteiger partial charge in [-0.15, -0.1) is 0 Å². The molecule has 2 aliphatic rings. The van der Waals surface area contributed by atoms with Crippen LogP contribution in [0.2, 0.25) is 0 Å². The maximum Gasteiger partial charge on any atom is 0.251 e. The summed E-state index contributed by atoms with van der Waals surface area (Å²) in [7, 11) is 0. The number of nitrogens with one attached hydrogen (secondary N) is 1. The average molecular weight is 362 g/mol. The van der Waals surface area contributed by atoms with Gasteiger partial charge in [0.25, 0.3) is 5.91 Å². The lowest BCUT2D eigenvalue weighted by molar-refractivity contribution is 0.0916. The Morgan fingerprint density at radius 2 is 2.00 bits per heavy atom. The molecule has 0 radical (unpaired) electrons. The highest BCUT2D eigenvalue weighted by molar-refractivity contribution is 5.95. The molecule has 2 saturated heterocycles. The minimum atomic E-state index is -0.104. The molecular weight excluding hydrogens is 340 g/mol. The zero-order valence-corrected chi connectivity index (χ0v) is 15.1. The molecule has 0 aliphatic carbocycles. The van der Waals surface area contributed by atoms with Crippen molar-refractivity contribution in [3.8, 4) is 17.3 Å². The van der Waals surface area contributed by atoms with Crippen LogP contribution < -0.4 is 5.32 Å². The van der Waals surface area contributed by atoms with Crippen LogP contribution in [0, 0.1) is 11.3 Å². The molecule has 2 aliphatic heterocycles. The molecule has 0 bridgehead atoms. The van der Waals surface area contributed by atoms with Crippen LogP contribution in [0.3, 0.4) is 0 Å². The van der Waals surface area contributed by atoms with Crippen LogP contribution in [0.25, 0.3) is 11.3 Å². The zero-order chi connectivity index (χ0) is 18.6. The number of nitrogens with zero attached hydrogens (tertiary/aromatic N) is 3. The van der Waals surface area contributed by atoms with Gasteiger partial charge in [-0.25, -0.2) is 4.98 Å². The number of hydrogen-bond acceptors (Lipinski definition) is 5. The van der Waals surface area contributed by atoms with E-state index in [-0.39, 0.29) is 18.0 Å². The first-order chi connectivity index (χ1) is 13.2. The van der Waals surface area contributed by atoms with Crippen LogP contribution in [0.15, 0.2) is 42.5 Å². The molecule has 0 unspecified atom stereocenters. The highest BCUT2D eigenvalue weighted by atomic mass is 16.5. The summed E-state index contributed by atoms with van der Waals surface area (Å²) in [5.41, 5.74) is 2.45. The van der Waals surface area contributed by atoms with Crippen LogP contribution in [0.5, 0.6) is 0 Å². The standard InChI is InChI=1S/C21H22N4O2/c22-12-17-7-4-8-18(23-17)15-5-3-6-16(11-15)21(26)24-19-13-27-14-20(19)25-9-1-2-10-25/h3-8,11,19-20H,1-2,9-10,13-14H2,(H,24,26)/t19-,20-/m0/s1. The van der Waals surface area contributed by atoms with Crippen LogP contribution in [-0.4, -0.2) is 54.2 Å². The topological polar surface area (TPSA) is 78.2 Å². The molecule has 6 heteroatoms. The van der Waals surface area contributed by atoms with E-state index < -0.39 is 0 Å². The molecule has 1 N–H and O–H groups in total. The van der Waals surface area contributed by atoms with Crippen molar-refractivity contribution in [1.82, 2.24) is 15.2 Å². The molecule has 138 valence electrons. The van der Waals surface area contributed by atoms with Crippen molar-refractivity contribution < 1.29 is 9.53 Å². The summed E-state index contributed by atoms with van der Waals surface area (Å²) in [6.07, 6.45) is 2.43. The number of carbonyl (C=O) groups excluding carboxylic acids is 1. The predicted octanol–water partition coefficient (Wildman–Crippen LogP) is 2.21. The number of amides is 1. The number of likely N-dealkylation sites (tertiary alicyclic amines) is 1. The van der Waals surface area contributed by atoms with Gasteiger partial charge in [0.1, 0.15) is 11.8 Å². The highest BCUT2D eigenvalue weighted by Gasteiger charge is 2.35. The monoisotopic (exact) mass is 362 g/mol. The summed E-state index contributed by atoms with van der Waals surface area (Å²) < 4.78 is 5.64. The first-order valence-electron chi connectivity index (χ1n) is 9.35. The van der Waals surface area contributed by atoms with Gasteiger partial charge in [-0.2, -0.15) is 5.26 Å². The molecule has 1 amide bonds. The largest absolute Gasteiger partial charge is 0.378 e. The Balaban J connectivity index is 1.50. The molecule has 2 atom stereocenters. The van der Waals surface area contributed by atoms with Gasteiger partial charge in [0.15, 0.2) is 0 Å². The second-order valence-electron chi connectivity index (χ2n) is 7.03. The van der Waals surface area contributed by atoms with Gasteiger partial charge in [0, 0.05) is 11.1 Å². The Kier molecular flexibility index (Phi) is 5.14. The average Bonchev–Trinajstić information content (AvgIpc) is 3.39. The van der Waals surface area contributed by atoms with Crippen LogP contribution in [-0.2, 0) is 4.74 Å². The lowest BCUT2D eigenvalue weighted by Gasteiger charge is -2.27. The smallest absolute Gasteiger partial charge is 0.251 e. The van der Waals surface area contributed by atoms with Gasteiger partial charge < -0.3 is 10.1 Å². The van der Waals surface area contributed by atoms with Crippen molar-refractivity contribution >= 4 is 5.91 Å². The number of pyridine rings is 1.